The van der Waals surface area contributed by atoms with Gasteiger partial charge in [0.15, 0.2) is 0 Å². The molecule has 4 nitrogen and oxygen atoms in total. The molecule has 0 saturated carbocycles. The summed E-state index contributed by atoms with van der Waals surface area (Å²) in [5, 5.41) is 8.78. The standard InChI is InChI=1S/C14H14N2O2/c1-18-14(17)12-2-4-13(5-3-12)16-8-6-11(10-15)7-9-16/h2-6H,7-9H2,1H3. The highest BCUT2D eigenvalue weighted by Crippen LogP contribution is 2.20. The zero-order chi connectivity index (χ0) is 13.0. The molecule has 0 bridgehead atoms. The predicted octanol–water partition coefficient (Wildman–Crippen LogP) is 2.13. The number of ether oxygens (including phenoxy) is 1. The van der Waals surface area contributed by atoms with Crippen LogP contribution in [0.5, 0.6) is 0 Å². The van der Waals surface area contributed by atoms with E-state index in [2.05, 4.69) is 15.7 Å². The molecule has 2 rings (SSSR count). The number of anilines is 1. The minimum atomic E-state index is -0.327. The number of nitrogens with zero attached hydrogens (tertiary/aromatic N) is 2. The van der Waals surface area contributed by atoms with Gasteiger partial charge in [0.2, 0.25) is 0 Å². The number of hydrogen-bond acceptors (Lipinski definition) is 4. The fraction of sp³-hybridized carbons (Fsp3) is 0.286. The summed E-state index contributed by atoms with van der Waals surface area (Å²) >= 11 is 0. The largest absolute Gasteiger partial charge is 0.465 e. The molecule has 4 heteroatoms. The Morgan fingerprint density at radius 2 is 2.11 bits per heavy atom. The molecule has 0 aliphatic carbocycles. The summed E-state index contributed by atoms with van der Waals surface area (Å²) in [5.41, 5.74) is 2.44. The van der Waals surface area contributed by atoms with Gasteiger partial charge < -0.3 is 9.64 Å². The van der Waals surface area contributed by atoms with Gasteiger partial charge in [0, 0.05) is 24.4 Å². The number of carbonyl (C=O) groups is 1. The fourth-order valence-corrected chi connectivity index (χ4v) is 1.93. The van der Waals surface area contributed by atoms with E-state index >= 15 is 0 Å². The van der Waals surface area contributed by atoms with Gasteiger partial charge in [0.25, 0.3) is 0 Å². The van der Waals surface area contributed by atoms with E-state index in [1.807, 2.05) is 18.2 Å². The predicted molar refractivity (Wildman–Crippen MR) is 68.3 cm³/mol. The van der Waals surface area contributed by atoms with Crippen LogP contribution in [0.1, 0.15) is 16.8 Å². The van der Waals surface area contributed by atoms with Crippen molar-refractivity contribution >= 4 is 11.7 Å². The van der Waals surface area contributed by atoms with Gasteiger partial charge in [-0.05, 0) is 30.7 Å². The Morgan fingerprint density at radius 1 is 1.39 bits per heavy atom. The van der Waals surface area contributed by atoms with Crippen LogP contribution in [0, 0.1) is 11.3 Å². The van der Waals surface area contributed by atoms with Crippen molar-refractivity contribution in [2.24, 2.45) is 0 Å². The molecule has 0 amide bonds. The summed E-state index contributed by atoms with van der Waals surface area (Å²) in [6, 6.07) is 9.49. The Kier molecular flexibility index (Phi) is 3.63. The lowest BCUT2D eigenvalue weighted by Crippen LogP contribution is -2.28. The van der Waals surface area contributed by atoms with Crippen molar-refractivity contribution in [3.05, 3.63) is 41.5 Å². The molecule has 92 valence electrons. The van der Waals surface area contributed by atoms with E-state index in [1.165, 1.54) is 7.11 Å². The second-order valence-corrected chi connectivity index (χ2v) is 4.08. The maximum Gasteiger partial charge on any atom is 0.337 e. The minimum absolute atomic E-state index is 0.327. The summed E-state index contributed by atoms with van der Waals surface area (Å²) in [7, 11) is 1.37. The molecule has 0 aromatic heterocycles. The Morgan fingerprint density at radius 3 is 2.61 bits per heavy atom. The first-order chi connectivity index (χ1) is 8.74. The molecular weight excluding hydrogens is 228 g/mol. The third-order valence-corrected chi connectivity index (χ3v) is 3.01. The molecule has 0 fully saturated rings. The van der Waals surface area contributed by atoms with Crippen molar-refractivity contribution < 1.29 is 9.53 Å². The average molecular weight is 242 g/mol. The quantitative estimate of drug-likeness (QED) is 0.745. The number of benzene rings is 1. The second kappa shape index (κ2) is 5.37. The highest BCUT2D eigenvalue weighted by Gasteiger charge is 2.12. The fourth-order valence-electron chi connectivity index (χ4n) is 1.93. The lowest BCUT2D eigenvalue weighted by molar-refractivity contribution is 0.0601. The van der Waals surface area contributed by atoms with Gasteiger partial charge in [-0.25, -0.2) is 4.79 Å². The van der Waals surface area contributed by atoms with Crippen molar-refractivity contribution in [1.82, 2.24) is 0 Å². The van der Waals surface area contributed by atoms with Crippen molar-refractivity contribution in [2.45, 2.75) is 6.42 Å². The highest BCUT2D eigenvalue weighted by molar-refractivity contribution is 5.89. The monoisotopic (exact) mass is 242 g/mol. The van der Waals surface area contributed by atoms with Gasteiger partial charge in [0.1, 0.15) is 0 Å². The lowest BCUT2D eigenvalue weighted by atomic mass is 10.1. The Hall–Kier alpha value is -2.28. The van der Waals surface area contributed by atoms with E-state index in [0.717, 1.165) is 30.8 Å². The normalized spacial score (nSPS) is 14.7. The van der Waals surface area contributed by atoms with E-state index in [9.17, 15) is 4.79 Å². The average Bonchev–Trinajstić information content (AvgIpc) is 2.47. The highest BCUT2D eigenvalue weighted by atomic mass is 16.5. The molecule has 1 aromatic carbocycles. The summed E-state index contributed by atoms with van der Waals surface area (Å²) in [4.78, 5) is 13.5. The molecule has 0 spiro atoms. The van der Waals surface area contributed by atoms with Crippen molar-refractivity contribution in [1.29, 1.82) is 5.26 Å². The summed E-state index contributed by atoms with van der Waals surface area (Å²) < 4.78 is 4.65. The van der Waals surface area contributed by atoms with Gasteiger partial charge >= 0.3 is 5.97 Å². The molecule has 0 saturated heterocycles. The van der Waals surface area contributed by atoms with Crippen LogP contribution >= 0.6 is 0 Å². The molecule has 1 aromatic rings. The lowest BCUT2D eigenvalue weighted by Gasteiger charge is -2.26. The molecule has 18 heavy (non-hydrogen) atoms. The Balaban J connectivity index is 2.10. The third-order valence-electron chi connectivity index (χ3n) is 3.01. The summed E-state index contributed by atoms with van der Waals surface area (Å²) in [5.74, 6) is -0.327. The smallest absolute Gasteiger partial charge is 0.337 e. The first kappa shape index (κ1) is 12.2. The Labute approximate surface area is 106 Å². The molecule has 0 N–H and O–H groups in total. The summed E-state index contributed by atoms with van der Waals surface area (Å²) in [6.07, 6.45) is 2.72. The van der Waals surface area contributed by atoms with Crippen molar-refractivity contribution in [3.63, 3.8) is 0 Å². The third kappa shape index (κ3) is 2.51. The number of nitriles is 1. The van der Waals surface area contributed by atoms with E-state index < -0.39 is 0 Å². The van der Waals surface area contributed by atoms with Gasteiger partial charge in [-0.15, -0.1) is 0 Å². The molecule has 0 unspecified atom stereocenters. The van der Waals surface area contributed by atoms with Crippen LogP contribution in [0.3, 0.4) is 0 Å². The van der Waals surface area contributed by atoms with E-state index in [4.69, 9.17) is 5.26 Å². The van der Waals surface area contributed by atoms with Gasteiger partial charge in [-0.3, -0.25) is 0 Å². The van der Waals surface area contributed by atoms with Gasteiger partial charge in [-0.2, -0.15) is 5.26 Å². The molecule has 0 radical (unpaired) electrons. The first-order valence-corrected chi connectivity index (χ1v) is 5.77. The zero-order valence-electron chi connectivity index (χ0n) is 10.2. The van der Waals surface area contributed by atoms with E-state index in [-0.39, 0.29) is 5.97 Å². The van der Waals surface area contributed by atoms with Crippen LogP contribution in [-0.4, -0.2) is 26.2 Å². The van der Waals surface area contributed by atoms with Gasteiger partial charge in [0.05, 0.1) is 18.7 Å². The van der Waals surface area contributed by atoms with E-state index in [1.54, 1.807) is 12.1 Å². The number of methoxy groups -OCH3 is 1. The number of esters is 1. The number of rotatable bonds is 2. The van der Waals surface area contributed by atoms with Crippen molar-refractivity contribution in [3.8, 4) is 6.07 Å². The van der Waals surface area contributed by atoms with Crippen LogP contribution in [0.15, 0.2) is 35.9 Å². The molecule has 1 heterocycles. The topological polar surface area (TPSA) is 53.3 Å². The van der Waals surface area contributed by atoms with Crippen LogP contribution in [0.4, 0.5) is 5.69 Å². The molecule has 1 aliphatic heterocycles. The molecular formula is C14H14N2O2. The van der Waals surface area contributed by atoms with Crippen LogP contribution in [0.2, 0.25) is 0 Å². The van der Waals surface area contributed by atoms with Gasteiger partial charge in [-0.1, -0.05) is 6.08 Å². The maximum absolute atomic E-state index is 11.3. The van der Waals surface area contributed by atoms with Crippen LogP contribution in [-0.2, 0) is 4.74 Å². The molecule has 0 atom stereocenters. The second-order valence-electron chi connectivity index (χ2n) is 4.08. The van der Waals surface area contributed by atoms with Crippen molar-refractivity contribution in [2.75, 3.05) is 25.1 Å². The first-order valence-electron chi connectivity index (χ1n) is 5.77. The summed E-state index contributed by atoms with van der Waals surface area (Å²) in [6.45, 7) is 1.57. The zero-order valence-corrected chi connectivity index (χ0v) is 10.2. The number of hydrogen-bond donors (Lipinski definition) is 0. The Bertz CT molecular complexity index is 512. The SMILES string of the molecule is COC(=O)c1ccc(N2CC=C(C#N)CC2)cc1. The number of carbonyl (C=O) groups excluding carboxylic acids is 1. The molecule has 1 aliphatic rings. The maximum atomic E-state index is 11.3. The van der Waals surface area contributed by atoms with Crippen LogP contribution in [0.25, 0.3) is 0 Å². The minimum Gasteiger partial charge on any atom is -0.465 e. The van der Waals surface area contributed by atoms with E-state index in [0.29, 0.717) is 5.56 Å². The van der Waals surface area contributed by atoms with Crippen LogP contribution < -0.4 is 4.90 Å².